The van der Waals surface area contributed by atoms with Crippen LogP contribution in [-0.2, 0) is 0 Å². The van der Waals surface area contributed by atoms with Gasteiger partial charge in [0.05, 0.1) is 16.2 Å². The van der Waals surface area contributed by atoms with Crippen molar-refractivity contribution in [2.24, 2.45) is 0 Å². The Morgan fingerprint density at radius 2 is 2.16 bits per heavy atom. The second-order valence-electron chi connectivity index (χ2n) is 3.96. The Labute approximate surface area is 114 Å². The summed E-state index contributed by atoms with van der Waals surface area (Å²) in [7, 11) is 0. The van der Waals surface area contributed by atoms with Gasteiger partial charge in [0.25, 0.3) is 0 Å². The molecular formula is C12H9ClN4O2. The number of benzene rings is 1. The van der Waals surface area contributed by atoms with Crippen LogP contribution in [-0.4, -0.2) is 14.7 Å². The Hall–Kier alpha value is -2.39. The molecular weight excluding hydrogens is 268 g/mol. The fourth-order valence-electron chi connectivity index (χ4n) is 1.91. The minimum atomic E-state index is -0.481. The molecule has 1 aromatic heterocycles. The summed E-state index contributed by atoms with van der Waals surface area (Å²) in [6.07, 6.45) is 0. The number of hydrogen-bond donors (Lipinski definition) is 0. The Kier molecular flexibility index (Phi) is 3.23. The zero-order valence-electron chi connectivity index (χ0n) is 10.2. The molecule has 96 valence electrons. The summed E-state index contributed by atoms with van der Waals surface area (Å²) < 4.78 is 1.37. The molecule has 0 N–H and O–H groups in total. The Bertz CT molecular complexity index is 715. The lowest BCUT2D eigenvalue weighted by molar-refractivity contribution is -0.386. The van der Waals surface area contributed by atoms with Crippen molar-refractivity contribution in [2.45, 2.75) is 13.8 Å². The molecule has 0 aliphatic heterocycles. The molecule has 1 aromatic carbocycles. The van der Waals surface area contributed by atoms with Crippen molar-refractivity contribution >= 4 is 17.3 Å². The molecule has 2 aromatic rings. The maximum absolute atomic E-state index is 11.0. The third-order valence-electron chi connectivity index (χ3n) is 2.74. The highest BCUT2D eigenvalue weighted by Gasteiger charge is 2.23. The largest absolute Gasteiger partial charge is 0.313 e. The van der Waals surface area contributed by atoms with Gasteiger partial charge in [0.1, 0.15) is 17.5 Å². The summed E-state index contributed by atoms with van der Waals surface area (Å²) in [5.74, 6) is 0. The van der Waals surface area contributed by atoms with Gasteiger partial charge in [-0.2, -0.15) is 10.4 Å². The Morgan fingerprint density at radius 3 is 2.68 bits per heavy atom. The zero-order valence-corrected chi connectivity index (χ0v) is 11.0. The lowest BCUT2D eigenvalue weighted by atomic mass is 10.2. The number of halogens is 1. The van der Waals surface area contributed by atoms with E-state index < -0.39 is 4.92 Å². The van der Waals surface area contributed by atoms with E-state index in [4.69, 9.17) is 16.9 Å². The van der Waals surface area contributed by atoms with Crippen LogP contribution >= 0.6 is 11.6 Å². The van der Waals surface area contributed by atoms with Crippen molar-refractivity contribution in [1.82, 2.24) is 9.78 Å². The predicted molar refractivity (Wildman–Crippen MR) is 69.4 cm³/mol. The maximum atomic E-state index is 11.0. The monoisotopic (exact) mass is 276 g/mol. The molecule has 0 saturated heterocycles. The molecule has 2 rings (SSSR count). The van der Waals surface area contributed by atoms with Gasteiger partial charge in [0.2, 0.25) is 0 Å². The van der Waals surface area contributed by atoms with Crippen LogP contribution in [0.3, 0.4) is 0 Å². The van der Waals surface area contributed by atoms with Crippen molar-refractivity contribution in [3.63, 3.8) is 0 Å². The van der Waals surface area contributed by atoms with Crippen LogP contribution in [0.5, 0.6) is 0 Å². The van der Waals surface area contributed by atoms with E-state index in [1.54, 1.807) is 32.0 Å². The zero-order chi connectivity index (χ0) is 14.2. The minimum Gasteiger partial charge on any atom is -0.258 e. The van der Waals surface area contributed by atoms with Crippen LogP contribution < -0.4 is 0 Å². The number of nitriles is 1. The molecule has 0 aliphatic carbocycles. The Balaban J connectivity index is 2.74. The third kappa shape index (κ3) is 2.16. The highest BCUT2D eigenvalue weighted by molar-refractivity contribution is 6.30. The van der Waals surface area contributed by atoms with E-state index in [1.165, 1.54) is 4.68 Å². The van der Waals surface area contributed by atoms with Gasteiger partial charge in [-0.05, 0) is 32.0 Å². The fraction of sp³-hybridized carbons (Fsp3) is 0.167. The van der Waals surface area contributed by atoms with Crippen molar-refractivity contribution in [2.75, 3.05) is 0 Å². The van der Waals surface area contributed by atoms with Gasteiger partial charge in [0, 0.05) is 5.02 Å². The predicted octanol–water partition coefficient (Wildman–Crippen LogP) is 2.92. The van der Waals surface area contributed by atoms with Crippen molar-refractivity contribution < 1.29 is 4.92 Å². The van der Waals surface area contributed by atoms with E-state index in [9.17, 15) is 10.1 Å². The number of aromatic nitrogens is 2. The van der Waals surface area contributed by atoms with E-state index in [0.717, 1.165) is 0 Å². The molecule has 0 amide bonds. The standard InChI is InChI=1S/C12H9ClN4O2/c1-7-12(17(18)19)8(2)16(15-7)11-5-10(13)4-3-9(11)6-14/h3-5H,1-2H3. The molecule has 0 radical (unpaired) electrons. The molecule has 19 heavy (non-hydrogen) atoms. The first-order valence-corrected chi connectivity index (χ1v) is 5.74. The van der Waals surface area contributed by atoms with Gasteiger partial charge in [0.15, 0.2) is 0 Å². The second kappa shape index (κ2) is 4.71. The van der Waals surface area contributed by atoms with Crippen molar-refractivity contribution in [3.8, 4) is 11.8 Å². The maximum Gasteiger partial charge on any atom is 0.313 e. The SMILES string of the molecule is Cc1nn(-c2cc(Cl)ccc2C#N)c(C)c1[N+](=O)[O-]. The average molecular weight is 277 g/mol. The minimum absolute atomic E-state index is 0.0520. The Morgan fingerprint density at radius 1 is 1.47 bits per heavy atom. The van der Waals surface area contributed by atoms with E-state index in [1.807, 2.05) is 6.07 Å². The number of nitro groups is 1. The van der Waals surface area contributed by atoms with E-state index in [-0.39, 0.29) is 5.69 Å². The van der Waals surface area contributed by atoms with Crippen molar-refractivity contribution in [3.05, 3.63) is 50.3 Å². The summed E-state index contributed by atoms with van der Waals surface area (Å²) in [6, 6.07) is 6.72. The molecule has 0 atom stereocenters. The third-order valence-corrected chi connectivity index (χ3v) is 2.98. The second-order valence-corrected chi connectivity index (χ2v) is 4.40. The molecule has 0 spiro atoms. The van der Waals surface area contributed by atoms with E-state index in [2.05, 4.69) is 5.10 Å². The summed E-state index contributed by atoms with van der Waals surface area (Å²) >= 11 is 5.90. The molecule has 0 aliphatic rings. The van der Waals surface area contributed by atoms with Crippen LogP contribution in [0.1, 0.15) is 17.0 Å². The summed E-state index contributed by atoms with van der Waals surface area (Å²) in [6.45, 7) is 3.14. The lowest BCUT2D eigenvalue weighted by Gasteiger charge is -2.06. The number of rotatable bonds is 2. The summed E-state index contributed by atoms with van der Waals surface area (Å²) in [4.78, 5) is 10.5. The lowest BCUT2D eigenvalue weighted by Crippen LogP contribution is -2.02. The fourth-order valence-corrected chi connectivity index (χ4v) is 2.07. The quantitative estimate of drug-likeness (QED) is 0.623. The van der Waals surface area contributed by atoms with Crippen LogP contribution in [0.25, 0.3) is 5.69 Å². The average Bonchev–Trinajstić information content (AvgIpc) is 2.64. The van der Waals surface area contributed by atoms with Gasteiger partial charge in [-0.15, -0.1) is 0 Å². The molecule has 7 heteroatoms. The number of nitrogens with zero attached hydrogens (tertiary/aromatic N) is 4. The number of hydrogen-bond acceptors (Lipinski definition) is 4. The van der Waals surface area contributed by atoms with Gasteiger partial charge in [-0.25, -0.2) is 4.68 Å². The molecule has 1 heterocycles. The van der Waals surface area contributed by atoms with Gasteiger partial charge in [-0.3, -0.25) is 10.1 Å². The van der Waals surface area contributed by atoms with E-state index >= 15 is 0 Å². The first kappa shape index (κ1) is 13.1. The van der Waals surface area contributed by atoms with Crippen LogP contribution in [0.2, 0.25) is 5.02 Å². The van der Waals surface area contributed by atoms with Crippen LogP contribution in [0.15, 0.2) is 18.2 Å². The first-order valence-electron chi connectivity index (χ1n) is 5.36. The van der Waals surface area contributed by atoms with Gasteiger partial charge >= 0.3 is 5.69 Å². The highest BCUT2D eigenvalue weighted by Crippen LogP contribution is 2.27. The topological polar surface area (TPSA) is 84.8 Å². The smallest absolute Gasteiger partial charge is 0.258 e. The molecule has 0 saturated carbocycles. The molecule has 6 nitrogen and oxygen atoms in total. The normalized spacial score (nSPS) is 10.2. The molecule has 0 fully saturated rings. The summed E-state index contributed by atoms with van der Waals surface area (Å²) in [5, 5.41) is 24.6. The summed E-state index contributed by atoms with van der Waals surface area (Å²) in [5.41, 5.74) is 1.39. The van der Waals surface area contributed by atoms with Crippen molar-refractivity contribution in [1.29, 1.82) is 5.26 Å². The van der Waals surface area contributed by atoms with E-state index in [0.29, 0.717) is 27.7 Å². The highest BCUT2D eigenvalue weighted by atomic mass is 35.5. The van der Waals surface area contributed by atoms with Crippen LogP contribution in [0.4, 0.5) is 5.69 Å². The molecule has 0 bridgehead atoms. The van der Waals surface area contributed by atoms with Gasteiger partial charge in [-0.1, -0.05) is 11.6 Å². The van der Waals surface area contributed by atoms with Gasteiger partial charge < -0.3 is 0 Å². The molecule has 0 unspecified atom stereocenters. The van der Waals surface area contributed by atoms with Crippen LogP contribution in [0, 0.1) is 35.3 Å². The number of aryl methyl sites for hydroxylation is 1. The first-order chi connectivity index (χ1) is 8.95.